The molecule has 0 atom stereocenters. The van der Waals surface area contributed by atoms with Gasteiger partial charge in [-0.2, -0.15) is 0 Å². The Hall–Kier alpha value is -0.600. The second kappa shape index (κ2) is 6.21. The normalized spacial score (nSPS) is 9.31. The maximum absolute atomic E-state index is 12.0. The van der Waals surface area contributed by atoms with E-state index in [1.807, 2.05) is 30.3 Å². The second-order valence-corrected chi connectivity index (χ2v) is 3.58. The van der Waals surface area contributed by atoms with Gasteiger partial charge in [-0.05, 0) is 12.1 Å². The Kier molecular flexibility index (Phi) is 5.23. The first-order valence-corrected chi connectivity index (χ1v) is 5.01. The predicted molar refractivity (Wildman–Crippen MR) is 68.5 cm³/mol. The van der Waals surface area contributed by atoms with Gasteiger partial charge in [0.1, 0.15) is 0 Å². The molecule has 2 rings (SSSR count). The van der Waals surface area contributed by atoms with Gasteiger partial charge in [0.05, 0.1) is 5.02 Å². The molecule has 2 aromatic rings. The number of hydrogen-bond acceptors (Lipinski definition) is 1. The van der Waals surface area contributed by atoms with E-state index in [9.17, 15) is 4.79 Å². The van der Waals surface area contributed by atoms with E-state index in [-0.39, 0.29) is 35.3 Å². The van der Waals surface area contributed by atoms with Crippen LogP contribution in [0.5, 0.6) is 0 Å². The average molecular weight is 241 g/mol. The van der Waals surface area contributed by atoms with E-state index in [4.69, 9.17) is 11.6 Å². The molecule has 0 heterocycles. The Morgan fingerprint density at radius 1 is 0.875 bits per heavy atom. The van der Waals surface area contributed by atoms with E-state index in [0.717, 1.165) is 0 Å². The molecule has 0 aromatic heterocycles. The molecule has 0 saturated carbocycles. The van der Waals surface area contributed by atoms with Crippen molar-refractivity contribution in [2.45, 2.75) is 0 Å². The van der Waals surface area contributed by atoms with Crippen LogP contribution in [0.2, 0.25) is 5.02 Å². The van der Waals surface area contributed by atoms with Crippen LogP contribution in [0, 0.1) is 0 Å². The summed E-state index contributed by atoms with van der Waals surface area (Å²) in [6.07, 6.45) is 0. The van der Waals surface area contributed by atoms with Crippen molar-refractivity contribution < 1.29 is 4.79 Å². The summed E-state index contributed by atoms with van der Waals surface area (Å²) >= 11 is 5.95. The molecule has 0 aliphatic heterocycles. The van der Waals surface area contributed by atoms with Gasteiger partial charge in [-0.1, -0.05) is 54.1 Å². The fourth-order valence-electron chi connectivity index (χ4n) is 1.39. The molecule has 76 valence electrons. The molecule has 0 bridgehead atoms. The molecule has 16 heavy (non-hydrogen) atoms. The Balaban J connectivity index is 0.00000128. The Morgan fingerprint density at radius 2 is 1.44 bits per heavy atom. The summed E-state index contributed by atoms with van der Waals surface area (Å²) in [5.74, 6) is -0.0406. The summed E-state index contributed by atoms with van der Waals surface area (Å²) in [5.41, 5.74) is 1.20. The summed E-state index contributed by atoms with van der Waals surface area (Å²) in [4.78, 5) is 12.0. The standard InChI is InChI=1S/C13H9ClO.Na.H/c14-12-9-5-4-8-11(12)13(15)10-6-2-1-3-7-10;;/h1-9H;;. The van der Waals surface area contributed by atoms with Crippen LogP contribution in [0.25, 0.3) is 0 Å². The van der Waals surface area contributed by atoms with E-state index >= 15 is 0 Å². The maximum atomic E-state index is 12.0. The summed E-state index contributed by atoms with van der Waals surface area (Å²) in [6, 6.07) is 16.2. The summed E-state index contributed by atoms with van der Waals surface area (Å²) in [6.45, 7) is 0. The van der Waals surface area contributed by atoms with Gasteiger partial charge in [0.25, 0.3) is 0 Å². The van der Waals surface area contributed by atoms with Crippen molar-refractivity contribution in [1.82, 2.24) is 0 Å². The van der Waals surface area contributed by atoms with Crippen LogP contribution in [0.3, 0.4) is 0 Å². The van der Waals surface area contributed by atoms with Gasteiger partial charge in [0.2, 0.25) is 0 Å². The van der Waals surface area contributed by atoms with Crippen molar-refractivity contribution >= 4 is 46.9 Å². The number of carbonyl (C=O) groups is 1. The van der Waals surface area contributed by atoms with Crippen molar-refractivity contribution in [2.75, 3.05) is 0 Å². The fraction of sp³-hybridized carbons (Fsp3) is 0. The molecular weight excluding hydrogens is 231 g/mol. The van der Waals surface area contributed by atoms with E-state index < -0.39 is 0 Å². The van der Waals surface area contributed by atoms with Crippen LogP contribution < -0.4 is 0 Å². The number of rotatable bonds is 2. The molecule has 3 heteroatoms. The minimum absolute atomic E-state index is 0. The van der Waals surface area contributed by atoms with Crippen LogP contribution in [-0.4, -0.2) is 35.3 Å². The molecule has 1 nitrogen and oxygen atoms in total. The Morgan fingerprint density at radius 3 is 2.06 bits per heavy atom. The van der Waals surface area contributed by atoms with Crippen molar-refractivity contribution in [3.63, 3.8) is 0 Å². The van der Waals surface area contributed by atoms with Crippen LogP contribution in [0.1, 0.15) is 15.9 Å². The zero-order valence-corrected chi connectivity index (χ0v) is 8.74. The first-order chi connectivity index (χ1) is 7.29. The molecule has 0 radical (unpaired) electrons. The van der Waals surface area contributed by atoms with Gasteiger partial charge in [0, 0.05) is 11.1 Å². The molecule has 0 fully saturated rings. The van der Waals surface area contributed by atoms with E-state index in [0.29, 0.717) is 16.1 Å². The molecule has 0 N–H and O–H groups in total. The third kappa shape index (κ3) is 2.96. The quantitative estimate of drug-likeness (QED) is 0.583. The SMILES string of the molecule is O=C(c1ccccc1)c1ccccc1Cl.[NaH]. The van der Waals surface area contributed by atoms with Gasteiger partial charge in [0.15, 0.2) is 5.78 Å². The van der Waals surface area contributed by atoms with Crippen molar-refractivity contribution in [3.05, 3.63) is 70.7 Å². The van der Waals surface area contributed by atoms with Crippen molar-refractivity contribution in [3.8, 4) is 0 Å². The number of halogens is 1. The summed E-state index contributed by atoms with van der Waals surface area (Å²) < 4.78 is 0. The first kappa shape index (κ1) is 13.5. The topological polar surface area (TPSA) is 17.1 Å². The number of hydrogen-bond donors (Lipinski definition) is 0. The molecular formula is C13H10ClNaO. The fourth-order valence-corrected chi connectivity index (χ4v) is 1.61. The van der Waals surface area contributed by atoms with E-state index in [1.54, 1.807) is 24.3 Å². The zero-order chi connectivity index (χ0) is 10.7. The Bertz CT molecular complexity index is 482. The van der Waals surface area contributed by atoms with Gasteiger partial charge >= 0.3 is 29.6 Å². The van der Waals surface area contributed by atoms with E-state index in [2.05, 4.69) is 0 Å². The minimum atomic E-state index is -0.0406. The average Bonchev–Trinajstić information content (AvgIpc) is 2.30. The third-order valence-electron chi connectivity index (χ3n) is 2.15. The molecule has 0 spiro atoms. The van der Waals surface area contributed by atoms with Crippen LogP contribution >= 0.6 is 11.6 Å². The van der Waals surface area contributed by atoms with E-state index in [1.165, 1.54) is 0 Å². The molecule has 0 saturated heterocycles. The molecule has 0 aliphatic carbocycles. The van der Waals surface area contributed by atoms with Gasteiger partial charge < -0.3 is 0 Å². The number of ketones is 1. The molecule has 2 aromatic carbocycles. The van der Waals surface area contributed by atoms with Crippen LogP contribution in [-0.2, 0) is 0 Å². The Labute approximate surface area is 122 Å². The zero-order valence-electron chi connectivity index (χ0n) is 7.98. The van der Waals surface area contributed by atoms with Gasteiger partial charge in [-0.3, -0.25) is 4.79 Å². The third-order valence-corrected chi connectivity index (χ3v) is 2.48. The summed E-state index contributed by atoms with van der Waals surface area (Å²) in [7, 11) is 0. The van der Waals surface area contributed by atoms with Gasteiger partial charge in [-0.25, -0.2) is 0 Å². The van der Waals surface area contributed by atoms with Crippen molar-refractivity contribution in [1.29, 1.82) is 0 Å². The van der Waals surface area contributed by atoms with Crippen molar-refractivity contribution in [2.24, 2.45) is 0 Å². The number of benzene rings is 2. The van der Waals surface area contributed by atoms with Crippen LogP contribution in [0.15, 0.2) is 54.6 Å². The molecule has 0 aliphatic rings. The monoisotopic (exact) mass is 240 g/mol. The van der Waals surface area contributed by atoms with Gasteiger partial charge in [-0.15, -0.1) is 0 Å². The number of carbonyl (C=O) groups excluding carboxylic acids is 1. The summed E-state index contributed by atoms with van der Waals surface area (Å²) in [5, 5.41) is 0.492. The first-order valence-electron chi connectivity index (χ1n) is 4.63. The molecule has 0 unspecified atom stereocenters. The molecule has 0 amide bonds. The second-order valence-electron chi connectivity index (χ2n) is 3.17. The predicted octanol–water partition coefficient (Wildman–Crippen LogP) is 2.92. The van der Waals surface area contributed by atoms with Crippen LogP contribution in [0.4, 0.5) is 0 Å².